The molecule has 1 saturated carbocycles. The molecule has 2 unspecified atom stereocenters. The summed E-state index contributed by atoms with van der Waals surface area (Å²) < 4.78 is 18.4. The lowest BCUT2D eigenvalue weighted by atomic mass is 9.82. The Morgan fingerprint density at radius 1 is 0.776 bits per heavy atom. The number of allylic oxidation sites excluding steroid dienone is 6. The number of aliphatic hydroxyl groups excluding tert-OH is 3. The molecule has 0 spiro atoms. The Morgan fingerprint density at radius 2 is 1.55 bits per heavy atom. The van der Waals surface area contributed by atoms with Crippen molar-refractivity contribution in [3.63, 3.8) is 0 Å². The number of piperidine rings is 1. The summed E-state index contributed by atoms with van der Waals surface area (Å²) in [6.07, 6.45) is 16.9. The molecule has 3 N–H and O–H groups in total. The van der Waals surface area contributed by atoms with Crippen molar-refractivity contribution in [2.75, 3.05) is 13.7 Å². The molecule has 0 radical (unpaired) electrons. The number of amides is 1. The van der Waals surface area contributed by atoms with Gasteiger partial charge < -0.3 is 34.4 Å². The lowest BCUT2D eigenvalue weighted by Crippen LogP contribution is -2.54. The summed E-state index contributed by atoms with van der Waals surface area (Å²) in [5.41, 5.74) is 1.73. The molecule has 326 valence electrons. The maximum absolute atomic E-state index is 14.0. The first-order valence-electron chi connectivity index (χ1n) is 22.2. The summed E-state index contributed by atoms with van der Waals surface area (Å²) in [5.74, 6) is -1.66. The fourth-order valence-corrected chi connectivity index (χ4v) is 9.12. The Labute approximate surface area is 347 Å². The molecule has 1 amide bonds. The van der Waals surface area contributed by atoms with E-state index in [0.717, 1.165) is 36.8 Å². The quantitative estimate of drug-likeness (QED) is 0.155. The highest BCUT2D eigenvalue weighted by atomic mass is 16.5. The highest BCUT2D eigenvalue weighted by Crippen LogP contribution is 2.32. The molecule has 2 saturated heterocycles. The monoisotopic (exact) mass is 812 g/mol. The Balaban J connectivity index is 1.56. The van der Waals surface area contributed by atoms with Crippen LogP contribution in [0.15, 0.2) is 47.6 Å². The number of ketones is 2. The van der Waals surface area contributed by atoms with Gasteiger partial charge in [0.25, 0.3) is 5.91 Å². The molecule has 12 atom stereocenters. The van der Waals surface area contributed by atoms with Crippen LogP contribution in [0.3, 0.4) is 0 Å². The van der Waals surface area contributed by atoms with Crippen molar-refractivity contribution in [3.8, 4) is 0 Å². The number of aliphatic hydroxyl groups is 3. The van der Waals surface area contributed by atoms with E-state index in [2.05, 4.69) is 13.0 Å². The molecular formula is C47H73NO10. The molecule has 0 aromatic heterocycles. The van der Waals surface area contributed by atoms with Crippen molar-refractivity contribution in [1.29, 1.82) is 0 Å². The Kier molecular flexibility index (Phi) is 19.5. The lowest BCUT2D eigenvalue weighted by Gasteiger charge is -2.36. The summed E-state index contributed by atoms with van der Waals surface area (Å²) >= 11 is 0. The molecule has 3 fully saturated rings. The fourth-order valence-electron chi connectivity index (χ4n) is 9.12. The van der Waals surface area contributed by atoms with Crippen molar-refractivity contribution in [2.24, 2.45) is 23.7 Å². The van der Waals surface area contributed by atoms with E-state index in [9.17, 15) is 34.5 Å². The van der Waals surface area contributed by atoms with Crippen molar-refractivity contribution in [1.82, 2.24) is 4.90 Å². The molecule has 3 aliphatic heterocycles. The summed E-state index contributed by atoms with van der Waals surface area (Å²) in [5, 5.41) is 31.4. The predicted molar refractivity (Wildman–Crippen MR) is 224 cm³/mol. The second-order valence-corrected chi connectivity index (χ2v) is 17.9. The van der Waals surface area contributed by atoms with Crippen molar-refractivity contribution in [2.45, 2.75) is 186 Å². The van der Waals surface area contributed by atoms with Gasteiger partial charge in [0.1, 0.15) is 24.0 Å². The number of fused-ring (bicyclic) bond motifs is 3. The van der Waals surface area contributed by atoms with E-state index >= 15 is 0 Å². The number of rotatable bonds is 4. The van der Waals surface area contributed by atoms with Gasteiger partial charge in [-0.25, -0.2) is 4.79 Å². The predicted octanol–water partition coefficient (Wildman–Crippen LogP) is 6.91. The molecule has 4 aliphatic rings. The first kappa shape index (κ1) is 47.7. The molecule has 0 aromatic carbocycles. The van der Waals surface area contributed by atoms with E-state index in [0.29, 0.717) is 70.6 Å². The zero-order valence-corrected chi connectivity index (χ0v) is 36.1. The number of cyclic esters (lactones) is 1. The largest absolute Gasteiger partial charge is 0.461 e. The van der Waals surface area contributed by atoms with E-state index in [1.807, 2.05) is 58.1 Å². The number of Topliss-reactive ketones (excluding diaryl/α,β-unsaturated/α-hetero) is 2. The average molecular weight is 812 g/mol. The van der Waals surface area contributed by atoms with Crippen molar-refractivity contribution >= 4 is 23.4 Å². The second kappa shape index (κ2) is 23.7. The van der Waals surface area contributed by atoms with E-state index in [1.54, 1.807) is 7.11 Å². The number of ether oxygens (including phenoxy) is 3. The van der Waals surface area contributed by atoms with Crippen LogP contribution in [0, 0.1) is 23.7 Å². The molecule has 11 nitrogen and oxygen atoms in total. The first-order valence-corrected chi connectivity index (χ1v) is 22.2. The zero-order chi connectivity index (χ0) is 42.4. The lowest BCUT2D eigenvalue weighted by molar-refractivity contribution is -0.167. The SMILES string of the molecule is CO[C@H]1CC2CCCC(O2)C(=O)C(=O)N2CCCC[C@H]2C(=O)O[C@H](CC[C@@H]2CC[C@@H](O)[C@H](O)C2)CC[C@H](C)/C=C(\C)[C@@H](O)CC(=O)[C@H](C)C[C@H](C)/C=C/C=CC=C1C. The number of nitrogens with zero attached hydrogens (tertiary/aromatic N) is 1. The van der Waals surface area contributed by atoms with Gasteiger partial charge in [-0.2, -0.15) is 0 Å². The third-order valence-electron chi connectivity index (χ3n) is 12.9. The minimum Gasteiger partial charge on any atom is -0.461 e. The minimum atomic E-state index is -0.891. The van der Waals surface area contributed by atoms with Crippen LogP contribution in [0.2, 0.25) is 0 Å². The molecule has 0 aromatic rings. The van der Waals surface area contributed by atoms with Gasteiger partial charge in [0.15, 0.2) is 0 Å². The number of carbonyl (C=O) groups is 4. The maximum Gasteiger partial charge on any atom is 0.329 e. The van der Waals surface area contributed by atoms with Gasteiger partial charge in [0.2, 0.25) is 5.78 Å². The second-order valence-electron chi connectivity index (χ2n) is 17.9. The highest BCUT2D eigenvalue weighted by molar-refractivity contribution is 6.38. The van der Waals surface area contributed by atoms with Gasteiger partial charge in [-0.05, 0) is 133 Å². The summed E-state index contributed by atoms with van der Waals surface area (Å²) in [4.78, 5) is 56.3. The standard InChI is InChI=1S/C47H73NO10/c1-30-13-8-7-9-14-32(3)44(56-6)28-37-15-12-17-43(57-37)45(53)46(54)48-24-11-10-16-38(48)47(55)58-36(22-19-35-20-23-39(49)42(52)27-35)21-18-31(2)26-34(5)41(51)29-40(50)33(4)25-30/h7-9,13-14,26,30-31,33,35-39,41-44,49,51-52H,10-12,15-25,27-29H2,1-6H3/b9-7?,13-8+,32-14?,34-26+/t30-,31+,33-,35-,36+,37?,38+,39-,41+,42-,43?,44+/m1/s1. The Morgan fingerprint density at radius 3 is 2.29 bits per heavy atom. The van der Waals surface area contributed by atoms with E-state index < -0.39 is 54.2 Å². The molecule has 2 bridgehead atoms. The first-order chi connectivity index (χ1) is 27.7. The Bertz CT molecular complexity index is 1480. The van der Waals surface area contributed by atoms with E-state index in [-0.39, 0.29) is 54.6 Å². The molecule has 3 heterocycles. The van der Waals surface area contributed by atoms with Gasteiger partial charge in [0.05, 0.1) is 30.5 Å². The topological polar surface area (TPSA) is 160 Å². The van der Waals surface area contributed by atoms with Crippen LogP contribution < -0.4 is 0 Å². The fraction of sp³-hybridized carbons (Fsp3) is 0.745. The molecular weight excluding hydrogens is 739 g/mol. The number of hydrogen-bond donors (Lipinski definition) is 3. The normalized spacial score (nSPS) is 37.9. The summed E-state index contributed by atoms with van der Waals surface area (Å²) in [7, 11) is 1.65. The molecule has 4 rings (SSSR count). The van der Waals surface area contributed by atoms with Crippen molar-refractivity contribution < 1.29 is 48.7 Å². The van der Waals surface area contributed by atoms with Crippen LogP contribution in [0.25, 0.3) is 0 Å². The Hall–Kier alpha value is -2.96. The molecule has 58 heavy (non-hydrogen) atoms. The van der Waals surface area contributed by atoms with Gasteiger partial charge in [-0.1, -0.05) is 57.2 Å². The van der Waals surface area contributed by atoms with Crippen LogP contribution in [0.4, 0.5) is 0 Å². The smallest absolute Gasteiger partial charge is 0.329 e. The van der Waals surface area contributed by atoms with Gasteiger partial charge in [0, 0.05) is 32.4 Å². The number of esters is 1. The van der Waals surface area contributed by atoms with E-state index in [1.165, 1.54) is 4.90 Å². The van der Waals surface area contributed by atoms with Gasteiger partial charge >= 0.3 is 5.97 Å². The molecule has 1 aliphatic carbocycles. The maximum atomic E-state index is 14.0. The van der Waals surface area contributed by atoms with Gasteiger partial charge in [-0.3, -0.25) is 14.4 Å². The third kappa shape index (κ3) is 14.6. The molecule has 11 heteroatoms. The number of hydrogen-bond acceptors (Lipinski definition) is 10. The number of carbonyl (C=O) groups excluding carboxylic acids is 4. The van der Waals surface area contributed by atoms with Crippen LogP contribution in [0.5, 0.6) is 0 Å². The van der Waals surface area contributed by atoms with Crippen molar-refractivity contribution in [3.05, 3.63) is 47.6 Å². The van der Waals surface area contributed by atoms with Crippen LogP contribution in [-0.4, -0.2) is 106 Å². The zero-order valence-electron chi connectivity index (χ0n) is 36.1. The summed E-state index contributed by atoms with van der Waals surface area (Å²) in [6, 6.07) is -0.874. The van der Waals surface area contributed by atoms with E-state index in [4.69, 9.17) is 14.2 Å². The number of methoxy groups -OCH3 is 1. The minimum absolute atomic E-state index is 0.0202. The van der Waals surface area contributed by atoms with Crippen LogP contribution in [-0.2, 0) is 33.4 Å². The highest BCUT2D eigenvalue weighted by Gasteiger charge is 2.41. The third-order valence-corrected chi connectivity index (χ3v) is 12.9. The van der Waals surface area contributed by atoms with Gasteiger partial charge in [-0.15, -0.1) is 0 Å². The van der Waals surface area contributed by atoms with Crippen LogP contribution >= 0.6 is 0 Å². The summed E-state index contributed by atoms with van der Waals surface area (Å²) in [6.45, 7) is 10.2. The van der Waals surface area contributed by atoms with Crippen LogP contribution in [0.1, 0.15) is 137 Å². The average Bonchev–Trinajstić information content (AvgIpc) is 3.20.